The van der Waals surface area contributed by atoms with Gasteiger partial charge in [-0.05, 0) is 54.6 Å². The summed E-state index contributed by atoms with van der Waals surface area (Å²) >= 11 is 0. The van der Waals surface area contributed by atoms with Crippen LogP contribution in [0.15, 0.2) is 79.1 Å². The predicted octanol–water partition coefficient (Wildman–Crippen LogP) is 4.53. The van der Waals surface area contributed by atoms with Gasteiger partial charge >= 0.3 is 0 Å². The van der Waals surface area contributed by atoms with Gasteiger partial charge in [0.25, 0.3) is 5.91 Å². The summed E-state index contributed by atoms with van der Waals surface area (Å²) in [5.74, 6) is 0.688. The second kappa shape index (κ2) is 9.26. The van der Waals surface area contributed by atoms with E-state index < -0.39 is 0 Å². The fraction of sp³-hybridized carbons (Fsp3) is 0.120. The van der Waals surface area contributed by atoms with Crippen LogP contribution in [0.2, 0.25) is 0 Å². The number of hydrogen-bond acceptors (Lipinski definition) is 6. The van der Waals surface area contributed by atoms with Crippen molar-refractivity contribution in [3.8, 4) is 28.3 Å². The smallest absolute Gasteiger partial charge is 0.258 e. The van der Waals surface area contributed by atoms with Gasteiger partial charge in [-0.25, -0.2) is 9.97 Å². The Hall–Kier alpha value is -4.26. The number of amides is 1. The number of nitrogens with one attached hydrogen (secondary N) is 1. The lowest BCUT2D eigenvalue weighted by atomic mass is 10.1. The van der Waals surface area contributed by atoms with Crippen LogP contribution >= 0.6 is 0 Å². The highest BCUT2D eigenvalue weighted by Crippen LogP contribution is 2.28. The number of nitrogens with zero attached hydrogens (tertiary/aromatic N) is 4. The molecule has 0 unspecified atom stereocenters. The van der Waals surface area contributed by atoms with E-state index in [1.807, 2.05) is 73.6 Å². The van der Waals surface area contributed by atoms with E-state index in [-0.39, 0.29) is 11.9 Å². The average Bonchev–Trinajstić information content (AvgIpc) is 2.84. The van der Waals surface area contributed by atoms with Crippen molar-refractivity contribution in [3.05, 3.63) is 84.7 Å². The van der Waals surface area contributed by atoms with Gasteiger partial charge in [-0.1, -0.05) is 12.1 Å². The van der Waals surface area contributed by atoms with E-state index in [1.54, 1.807) is 31.6 Å². The van der Waals surface area contributed by atoms with Crippen molar-refractivity contribution in [2.75, 3.05) is 31.4 Å². The Morgan fingerprint density at radius 2 is 1.41 bits per heavy atom. The monoisotopic (exact) mass is 425 g/mol. The molecule has 0 saturated heterocycles. The second-order valence-corrected chi connectivity index (χ2v) is 7.32. The molecule has 0 bridgehead atoms. The highest BCUT2D eigenvalue weighted by Gasteiger charge is 2.13. The molecule has 0 spiro atoms. The van der Waals surface area contributed by atoms with E-state index in [4.69, 9.17) is 4.74 Å². The Kier molecular flexibility index (Phi) is 6.07. The summed E-state index contributed by atoms with van der Waals surface area (Å²) in [4.78, 5) is 27.9. The van der Waals surface area contributed by atoms with E-state index in [2.05, 4.69) is 20.3 Å². The summed E-state index contributed by atoms with van der Waals surface area (Å²) in [5.41, 5.74) is 4.78. The standard InChI is InChI=1S/C25H23N5O2/c1-30(2)20-8-4-17(5-9-20)22-16-23(18-6-10-21(32-3)11-7-18)28-25(27-22)29-24(31)19-12-14-26-15-13-19/h4-16H,1-3H3,(H,27,28,29,31). The van der Waals surface area contributed by atoms with Crippen LogP contribution in [-0.4, -0.2) is 42.1 Å². The second-order valence-electron chi connectivity index (χ2n) is 7.32. The molecule has 32 heavy (non-hydrogen) atoms. The molecule has 0 saturated carbocycles. The number of ether oxygens (including phenoxy) is 1. The summed E-state index contributed by atoms with van der Waals surface area (Å²) in [5, 5.41) is 2.81. The number of pyridine rings is 1. The van der Waals surface area contributed by atoms with Crippen molar-refractivity contribution in [1.82, 2.24) is 15.0 Å². The maximum Gasteiger partial charge on any atom is 0.258 e. The maximum absolute atomic E-state index is 12.7. The van der Waals surface area contributed by atoms with Crippen LogP contribution < -0.4 is 15.0 Å². The molecule has 2 aromatic carbocycles. The normalized spacial score (nSPS) is 10.5. The van der Waals surface area contributed by atoms with Crippen molar-refractivity contribution < 1.29 is 9.53 Å². The number of carbonyl (C=O) groups is 1. The molecule has 0 aliphatic rings. The molecule has 0 radical (unpaired) electrons. The van der Waals surface area contributed by atoms with Gasteiger partial charge in [0.2, 0.25) is 5.95 Å². The molecular formula is C25H23N5O2. The molecule has 4 rings (SSSR count). The summed E-state index contributed by atoms with van der Waals surface area (Å²) in [7, 11) is 5.62. The highest BCUT2D eigenvalue weighted by atomic mass is 16.5. The number of methoxy groups -OCH3 is 1. The van der Waals surface area contributed by atoms with Crippen molar-refractivity contribution >= 4 is 17.5 Å². The summed E-state index contributed by atoms with van der Waals surface area (Å²) < 4.78 is 5.26. The van der Waals surface area contributed by atoms with E-state index in [9.17, 15) is 4.79 Å². The molecular weight excluding hydrogens is 402 g/mol. The predicted molar refractivity (Wildman–Crippen MR) is 126 cm³/mol. The molecule has 2 heterocycles. The van der Waals surface area contributed by atoms with Crippen molar-refractivity contribution in [2.24, 2.45) is 0 Å². The third-order valence-corrected chi connectivity index (χ3v) is 4.96. The lowest BCUT2D eigenvalue weighted by Gasteiger charge is -2.13. The molecule has 7 nitrogen and oxygen atoms in total. The van der Waals surface area contributed by atoms with E-state index in [0.29, 0.717) is 17.0 Å². The Bertz CT molecular complexity index is 1210. The molecule has 0 aliphatic heterocycles. The molecule has 0 atom stereocenters. The maximum atomic E-state index is 12.7. The molecule has 2 aromatic heterocycles. The fourth-order valence-electron chi connectivity index (χ4n) is 3.17. The first-order valence-corrected chi connectivity index (χ1v) is 10.1. The first kappa shape index (κ1) is 21.0. The topological polar surface area (TPSA) is 80.2 Å². The van der Waals surface area contributed by atoms with Crippen LogP contribution in [0.4, 0.5) is 11.6 Å². The Morgan fingerprint density at radius 1 is 0.844 bits per heavy atom. The highest BCUT2D eigenvalue weighted by molar-refractivity contribution is 6.03. The van der Waals surface area contributed by atoms with Gasteiger partial charge < -0.3 is 9.64 Å². The number of hydrogen-bond donors (Lipinski definition) is 1. The minimum absolute atomic E-state index is 0.229. The van der Waals surface area contributed by atoms with Crippen molar-refractivity contribution in [2.45, 2.75) is 0 Å². The van der Waals surface area contributed by atoms with Crippen molar-refractivity contribution in [3.63, 3.8) is 0 Å². The molecule has 4 aromatic rings. The minimum Gasteiger partial charge on any atom is -0.497 e. The molecule has 1 N–H and O–H groups in total. The van der Waals surface area contributed by atoms with Gasteiger partial charge in [0.1, 0.15) is 5.75 Å². The van der Waals surface area contributed by atoms with Gasteiger partial charge in [0.15, 0.2) is 0 Å². The van der Waals surface area contributed by atoms with Crippen LogP contribution in [0.1, 0.15) is 10.4 Å². The zero-order valence-corrected chi connectivity index (χ0v) is 18.1. The average molecular weight is 425 g/mol. The fourth-order valence-corrected chi connectivity index (χ4v) is 3.17. The zero-order valence-electron chi connectivity index (χ0n) is 18.1. The van der Waals surface area contributed by atoms with Gasteiger partial charge in [0, 0.05) is 48.9 Å². The minimum atomic E-state index is -0.298. The van der Waals surface area contributed by atoms with Crippen LogP contribution in [0.5, 0.6) is 5.75 Å². The van der Waals surface area contributed by atoms with E-state index in [1.165, 1.54) is 0 Å². The Morgan fingerprint density at radius 3 is 1.94 bits per heavy atom. The molecule has 1 amide bonds. The molecule has 0 aliphatic carbocycles. The lowest BCUT2D eigenvalue weighted by molar-refractivity contribution is 0.102. The third kappa shape index (κ3) is 4.73. The number of benzene rings is 2. The third-order valence-electron chi connectivity index (χ3n) is 4.96. The molecule has 7 heteroatoms. The van der Waals surface area contributed by atoms with Gasteiger partial charge in [-0.3, -0.25) is 15.1 Å². The van der Waals surface area contributed by atoms with Gasteiger partial charge in [-0.2, -0.15) is 0 Å². The summed E-state index contributed by atoms with van der Waals surface area (Å²) in [6, 6.07) is 20.9. The van der Waals surface area contributed by atoms with Crippen molar-refractivity contribution in [1.29, 1.82) is 0 Å². The quantitative estimate of drug-likeness (QED) is 0.489. The van der Waals surface area contributed by atoms with Gasteiger partial charge in [0.05, 0.1) is 18.5 Å². The SMILES string of the molecule is COc1ccc(-c2cc(-c3ccc(N(C)C)cc3)nc(NC(=O)c3ccncc3)n2)cc1. The largest absolute Gasteiger partial charge is 0.497 e. The summed E-state index contributed by atoms with van der Waals surface area (Å²) in [6.45, 7) is 0. The van der Waals surface area contributed by atoms with Crippen LogP contribution in [0, 0.1) is 0 Å². The number of rotatable bonds is 6. The van der Waals surface area contributed by atoms with Crippen LogP contribution in [0.3, 0.4) is 0 Å². The first-order chi connectivity index (χ1) is 15.5. The Balaban J connectivity index is 1.74. The van der Waals surface area contributed by atoms with E-state index in [0.717, 1.165) is 22.6 Å². The Labute approximate surface area is 186 Å². The number of carbonyl (C=O) groups excluding carboxylic acids is 1. The number of anilines is 2. The van der Waals surface area contributed by atoms with Crippen LogP contribution in [-0.2, 0) is 0 Å². The number of aromatic nitrogens is 3. The van der Waals surface area contributed by atoms with Crippen LogP contribution in [0.25, 0.3) is 22.5 Å². The summed E-state index contributed by atoms with van der Waals surface area (Å²) in [6.07, 6.45) is 3.14. The first-order valence-electron chi connectivity index (χ1n) is 10.1. The molecule has 0 fully saturated rings. The van der Waals surface area contributed by atoms with E-state index >= 15 is 0 Å². The lowest BCUT2D eigenvalue weighted by Crippen LogP contribution is -2.14. The molecule has 160 valence electrons. The van der Waals surface area contributed by atoms with Gasteiger partial charge in [-0.15, -0.1) is 0 Å². The zero-order chi connectivity index (χ0) is 22.5.